The Kier molecular flexibility index (Phi) is 5.70. The standard InChI is InChI=1S/C22H16Cl2FN3O3S/c1-12-3-5-13(6-4-12)21-16-9-14(23)7-8-19(16)28(26-21)20-11-17(24)15(10-18(20)25)22(29)27-32(2,30)31/h3-11H,1-2H3,(H,27,29). The number of carbonyl (C=O) groups excluding carboxylic acids is 1. The molecule has 3 aromatic carbocycles. The first-order chi connectivity index (χ1) is 15.0. The number of hydrogen-bond acceptors (Lipinski definition) is 4. The van der Waals surface area contributed by atoms with Gasteiger partial charge in [-0.05, 0) is 37.3 Å². The number of fused-ring (bicyclic) bond motifs is 1. The van der Waals surface area contributed by atoms with Crippen LogP contribution in [0.3, 0.4) is 0 Å². The van der Waals surface area contributed by atoms with E-state index in [0.29, 0.717) is 21.6 Å². The fraction of sp³-hybridized carbons (Fsp3) is 0.0909. The number of halogens is 3. The molecule has 1 heterocycles. The van der Waals surface area contributed by atoms with E-state index in [4.69, 9.17) is 23.2 Å². The molecule has 0 bridgehead atoms. The van der Waals surface area contributed by atoms with E-state index >= 15 is 4.39 Å². The van der Waals surface area contributed by atoms with Gasteiger partial charge in [-0.25, -0.2) is 22.2 Å². The van der Waals surface area contributed by atoms with Crippen LogP contribution in [0.4, 0.5) is 4.39 Å². The van der Waals surface area contributed by atoms with Gasteiger partial charge in [0.1, 0.15) is 17.2 Å². The summed E-state index contributed by atoms with van der Waals surface area (Å²) in [5, 5.41) is 5.67. The molecule has 0 aliphatic rings. The Morgan fingerprint density at radius 3 is 2.41 bits per heavy atom. The van der Waals surface area contributed by atoms with Gasteiger partial charge in [0, 0.05) is 16.0 Å². The van der Waals surface area contributed by atoms with Gasteiger partial charge < -0.3 is 0 Å². The van der Waals surface area contributed by atoms with Gasteiger partial charge in [-0.2, -0.15) is 5.10 Å². The molecule has 4 rings (SSSR count). The van der Waals surface area contributed by atoms with Crippen LogP contribution < -0.4 is 4.72 Å². The van der Waals surface area contributed by atoms with Crippen molar-refractivity contribution in [1.82, 2.24) is 14.5 Å². The molecule has 0 aliphatic carbocycles. The normalized spacial score (nSPS) is 11.7. The number of sulfonamides is 1. The van der Waals surface area contributed by atoms with Crippen LogP contribution in [0.15, 0.2) is 54.6 Å². The first-order valence-corrected chi connectivity index (χ1v) is 11.9. The van der Waals surface area contributed by atoms with Crippen LogP contribution in [0.25, 0.3) is 27.8 Å². The lowest BCUT2D eigenvalue weighted by Gasteiger charge is -2.10. The molecule has 1 amide bonds. The van der Waals surface area contributed by atoms with Gasteiger partial charge in [0.05, 0.1) is 22.4 Å². The number of nitrogens with zero attached hydrogens (tertiary/aromatic N) is 2. The lowest BCUT2D eigenvalue weighted by molar-refractivity contribution is 0.0981. The third kappa shape index (κ3) is 4.34. The molecule has 0 fully saturated rings. The van der Waals surface area contributed by atoms with Crippen LogP contribution in [0.1, 0.15) is 15.9 Å². The molecule has 32 heavy (non-hydrogen) atoms. The summed E-state index contributed by atoms with van der Waals surface area (Å²) in [6.45, 7) is 1.97. The zero-order chi connectivity index (χ0) is 23.2. The highest BCUT2D eigenvalue weighted by Crippen LogP contribution is 2.33. The van der Waals surface area contributed by atoms with Crippen molar-refractivity contribution in [3.8, 4) is 16.9 Å². The molecule has 0 aliphatic heterocycles. The quantitative estimate of drug-likeness (QED) is 0.428. The fourth-order valence-electron chi connectivity index (χ4n) is 3.29. The summed E-state index contributed by atoms with van der Waals surface area (Å²) in [7, 11) is -3.84. The van der Waals surface area contributed by atoms with E-state index in [-0.39, 0.29) is 16.3 Å². The molecule has 6 nitrogen and oxygen atoms in total. The Hall–Kier alpha value is -2.94. The van der Waals surface area contributed by atoms with E-state index in [0.717, 1.165) is 23.4 Å². The minimum absolute atomic E-state index is 0.00316. The fourth-order valence-corrected chi connectivity index (χ4v) is 4.16. The van der Waals surface area contributed by atoms with Gasteiger partial charge in [0.15, 0.2) is 0 Å². The van der Waals surface area contributed by atoms with Crippen LogP contribution >= 0.6 is 23.2 Å². The number of hydrogen-bond donors (Lipinski definition) is 1. The zero-order valence-electron chi connectivity index (χ0n) is 16.9. The van der Waals surface area contributed by atoms with Crippen molar-refractivity contribution in [1.29, 1.82) is 0 Å². The molecule has 164 valence electrons. The topological polar surface area (TPSA) is 81.1 Å². The highest BCUT2D eigenvalue weighted by Gasteiger charge is 2.21. The van der Waals surface area contributed by atoms with Crippen LogP contribution in [0.5, 0.6) is 0 Å². The number of aromatic nitrogens is 2. The maximum atomic E-state index is 15.1. The molecule has 1 aromatic heterocycles. The second kappa shape index (κ2) is 8.20. The second-order valence-corrected chi connectivity index (χ2v) is 9.87. The minimum atomic E-state index is -3.84. The van der Waals surface area contributed by atoms with Crippen LogP contribution in [-0.2, 0) is 10.0 Å². The van der Waals surface area contributed by atoms with Crippen molar-refractivity contribution in [2.45, 2.75) is 6.92 Å². The first kappa shape index (κ1) is 22.3. The summed E-state index contributed by atoms with van der Waals surface area (Å²) in [5.41, 5.74) is 2.76. The number of amides is 1. The Morgan fingerprint density at radius 1 is 1.06 bits per heavy atom. The van der Waals surface area contributed by atoms with E-state index in [1.807, 2.05) is 31.2 Å². The Labute approximate surface area is 193 Å². The zero-order valence-corrected chi connectivity index (χ0v) is 19.2. The summed E-state index contributed by atoms with van der Waals surface area (Å²) in [5.74, 6) is -1.83. The number of benzene rings is 3. The SMILES string of the molecule is Cc1ccc(-c2nn(-c3cc(Cl)c(C(=O)NS(C)(=O)=O)cc3F)c3ccc(Cl)cc23)cc1. The largest absolute Gasteiger partial charge is 0.268 e. The van der Waals surface area contributed by atoms with Crippen molar-refractivity contribution in [2.24, 2.45) is 0 Å². The van der Waals surface area contributed by atoms with E-state index in [1.54, 1.807) is 22.9 Å². The number of nitrogens with one attached hydrogen (secondary N) is 1. The lowest BCUT2D eigenvalue weighted by Crippen LogP contribution is -2.29. The van der Waals surface area contributed by atoms with E-state index < -0.39 is 21.7 Å². The monoisotopic (exact) mass is 491 g/mol. The number of carbonyl (C=O) groups is 1. The van der Waals surface area contributed by atoms with Crippen LogP contribution in [0.2, 0.25) is 10.0 Å². The van der Waals surface area contributed by atoms with Crippen molar-refractivity contribution in [2.75, 3.05) is 6.26 Å². The van der Waals surface area contributed by atoms with Crippen molar-refractivity contribution in [3.05, 3.63) is 81.6 Å². The Morgan fingerprint density at radius 2 is 1.75 bits per heavy atom. The predicted molar refractivity (Wildman–Crippen MR) is 124 cm³/mol. The first-order valence-electron chi connectivity index (χ1n) is 9.30. The minimum Gasteiger partial charge on any atom is -0.268 e. The van der Waals surface area contributed by atoms with Crippen molar-refractivity contribution in [3.63, 3.8) is 0 Å². The molecule has 0 atom stereocenters. The molecule has 0 saturated heterocycles. The summed E-state index contributed by atoms with van der Waals surface area (Å²) in [6.07, 6.45) is 0.817. The van der Waals surface area contributed by atoms with E-state index in [1.165, 1.54) is 10.7 Å². The smallest absolute Gasteiger partial charge is 0.266 e. The van der Waals surface area contributed by atoms with Crippen LogP contribution in [0, 0.1) is 12.7 Å². The number of aryl methyl sites for hydroxylation is 1. The van der Waals surface area contributed by atoms with Gasteiger partial charge >= 0.3 is 0 Å². The van der Waals surface area contributed by atoms with Gasteiger partial charge in [-0.15, -0.1) is 0 Å². The summed E-state index contributed by atoms with van der Waals surface area (Å²) in [6, 6.07) is 14.9. The lowest BCUT2D eigenvalue weighted by atomic mass is 10.1. The Balaban J connectivity index is 1.90. The maximum Gasteiger partial charge on any atom is 0.266 e. The van der Waals surface area contributed by atoms with Gasteiger partial charge in [-0.3, -0.25) is 4.79 Å². The van der Waals surface area contributed by atoms with E-state index in [2.05, 4.69) is 5.10 Å². The average Bonchev–Trinajstić information content (AvgIpc) is 3.07. The van der Waals surface area contributed by atoms with Gasteiger partial charge in [0.25, 0.3) is 5.91 Å². The molecule has 0 radical (unpaired) electrons. The maximum absolute atomic E-state index is 15.1. The highest BCUT2D eigenvalue weighted by molar-refractivity contribution is 7.89. The summed E-state index contributed by atoms with van der Waals surface area (Å²) < 4.78 is 40.9. The van der Waals surface area contributed by atoms with E-state index in [9.17, 15) is 13.2 Å². The Bertz CT molecular complexity index is 1480. The van der Waals surface area contributed by atoms with Gasteiger partial charge in [-0.1, -0.05) is 53.0 Å². The molecule has 0 unspecified atom stereocenters. The number of rotatable bonds is 4. The summed E-state index contributed by atoms with van der Waals surface area (Å²) >= 11 is 12.4. The molecular weight excluding hydrogens is 476 g/mol. The highest BCUT2D eigenvalue weighted by atomic mass is 35.5. The molecule has 0 spiro atoms. The average molecular weight is 492 g/mol. The third-order valence-corrected chi connectivity index (χ3v) is 5.86. The third-order valence-electron chi connectivity index (χ3n) is 4.75. The van der Waals surface area contributed by atoms with Crippen molar-refractivity contribution >= 4 is 50.0 Å². The predicted octanol–water partition coefficient (Wildman–Crippen LogP) is 5.14. The molecular formula is C22H16Cl2FN3O3S. The van der Waals surface area contributed by atoms with Crippen LogP contribution in [-0.4, -0.2) is 30.4 Å². The van der Waals surface area contributed by atoms with Crippen molar-refractivity contribution < 1.29 is 17.6 Å². The molecule has 1 N–H and O–H groups in total. The molecule has 10 heteroatoms. The second-order valence-electron chi connectivity index (χ2n) is 7.27. The summed E-state index contributed by atoms with van der Waals surface area (Å²) in [4.78, 5) is 12.2. The molecule has 0 saturated carbocycles. The molecule has 4 aromatic rings. The van der Waals surface area contributed by atoms with Gasteiger partial charge in [0.2, 0.25) is 10.0 Å².